The smallest absolute Gasteiger partial charge is 0.337 e. The number of hydrogen-bond acceptors (Lipinski definition) is 6. The van der Waals surface area contributed by atoms with Gasteiger partial charge in [-0.3, -0.25) is 9.89 Å². The summed E-state index contributed by atoms with van der Waals surface area (Å²) in [7, 11) is 1.33. The summed E-state index contributed by atoms with van der Waals surface area (Å²) in [6, 6.07) is 26.0. The summed E-state index contributed by atoms with van der Waals surface area (Å²) in [5.74, 6) is -0.0683. The largest absolute Gasteiger partial charge is 0.493 e. The van der Waals surface area contributed by atoms with Gasteiger partial charge < -0.3 is 9.47 Å². The van der Waals surface area contributed by atoms with E-state index in [0.717, 1.165) is 17.7 Å². The molecule has 2 N–H and O–H groups in total. The van der Waals surface area contributed by atoms with Gasteiger partial charge in [0.1, 0.15) is 11.4 Å². The Balaban J connectivity index is 1.29. The summed E-state index contributed by atoms with van der Waals surface area (Å²) in [4.78, 5) is 23.8. The van der Waals surface area contributed by atoms with Crippen LogP contribution in [0.15, 0.2) is 90.0 Å². The molecule has 0 aliphatic heterocycles. The first kappa shape index (κ1) is 23.4. The fourth-order valence-corrected chi connectivity index (χ4v) is 3.29. The summed E-state index contributed by atoms with van der Waals surface area (Å²) in [5.41, 5.74) is 6.60. The molecule has 3 aromatic carbocycles. The minimum atomic E-state index is -0.424. The Labute approximate surface area is 202 Å². The van der Waals surface area contributed by atoms with Crippen molar-refractivity contribution in [2.75, 3.05) is 13.7 Å². The molecule has 0 bridgehead atoms. The standard InChI is InChI=1S/C27H24N4O4/c1-34-27(33)22-9-7-20(8-10-22)18-28-31-26(32)25-17-24(29-30-25)21-11-13-23(14-12-21)35-16-15-19-5-3-2-4-6-19/h2-14,17-18H,15-16H2,1H3,(H,29,30)(H,31,32)/b28-18-. The third-order valence-corrected chi connectivity index (χ3v) is 5.19. The lowest BCUT2D eigenvalue weighted by Crippen LogP contribution is -2.18. The molecule has 1 heterocycles. The summed E-state index contributed by atoms with van der Waals surface area (Å²) >= 11 is 0. The molecular formula is C27H24N4O4. The Hall–Kier alpha value is -4.72. The third kappa shape index (κ3) is 6.42. The van der Waals surface area contributed by atoms with Crippen LogP contribution in [0.4, 0.5) is 0 Å². The monoisotopic (exact) mass is 468 g/mol. The molecule has 35 heavy (non-hydrogen) atoms. The number of H-pyrrole nitrogens is 1. The number of aromatic nitrogens is 2. The molecule has 0 aliphatic carbocycles. The molecule has 0 aliphatic rings. The van der Waals surface area contributed by atoms with Crippen molar-refractivity contribution < 1.29 is 19.1 Å². The molecule has 0 atom stereocenters. The van der Waals surface area contributed by atoms with Gasteiger partial charge in [0.2, 0.25) is 0 Å². The van der Waals surface area contributed by atoms with Crippen LogP contribution in [0.5, 0.6) is 5.75 Å². The first-order valence-corrected chi connectivity index (χ1v) is 11.0. The van der Waals surface area contributed by atoms with Gasteiger partial charge >= 0.3 is 5.97 Å². The van der Waals surface area contributed by atoms with Crippen molar-refractivity contribution in [3.63, 3.8) is 0 Å². The molecule has 1 amide bonds. The van der Waals surface area contributed by atoms with Gasteiger partial charge in [0.25, 0.3) is 5.91 Å². The molecule has 1 aromatic heterocycles. The third-order valence-electron chi connectivity index (χ3n) is 5.19. The minimum Gasteiger partial charge on any atom is -0.493 e. The summed E-state index contributed by atoms with van der Waals surface area (Å²) in [6.07, 6.45) is 2.31. The number of aromatic amines is 1. The fraction of sp³-hybridized carbons (Fsp3) is 0.111. The summed E-state index contributed by atoms with van der Waals surface area (Å²) < 4.78 is 10.5. The van der Waals surface area contributed by atoms with Gasteiger partial charge in [0.15, 0.2) is 0 Å². The van der Waals surface area contributed by atoms with Crippen LogP contribution in [0.3, 0.4) is 0 Å². The molecule has 0 radical (unpaired) electrons. The van der Waals surface area contributed by atoms with E-state index >= 15 is 0 Å². The van der Waals surface area contributed by atoms with Crippen LogP contribution in [0, 0.1) is 0 Å². The highest BCUT2D eigenvalue weighted by atomic mass is 16.5. The highest BCUT2D eigenvalue weighted by molar-refractivity contribution is 5.94. The van der Waals surface area contributed by atoms with E-state index in [0.29, 0.717) is 23.4 Å². The lowest BCUT2D eigenvalue weighted by atomic mass is 10.1. The lowest BCUT2D eigenvalue weighted by molar-refractivity contribution is 0.0600. The Morgan fingerprint density at radius 1 is 1.00 bits per heavy atom. The van der Waals surface area contributed by atoms with Crippen molar-refractivity contribution in [3.05, 3.63) is 107 Å². The van der Waals surface area contributed by atoms with Crippen molar-refractivity contribution in [1.82, 2.24) is 15.6 Å². The first-order valence-electron chi connectivity index (χ1n) is 11.0. The van der Waals surface area contributed by atoms with Crippen LogP contribution in [0.1, 0.15) is 32.0 Å². The molecule has 4 aromatic rings. The second kappa shape index (κ2) is 11.4. The summed E-state index contributed by atoms with van der Waals surface area (Å²) in [6.45, 7) is 0.589. The van der Waals surface area contributed by atoms with E-state index in [4.69, 9.17) is 4.74 Å². The van der Waals surface area contributed by atoms with Gasteiger partial charge in [-0.2, -0.15) is 10.2 Å². The highest BCUT2D eigenvalue weighted by Gasteiger charge is 2.11. The maximum atomic E-state index is 12.4. The van der Waals surface area contributed by atoms with E-state index in [2.05, 4.69) is 37.6 Å². The molecule has 0 fully saturated rings. The predicted octanol–water partition coefficient (Wildman–Crippen LogP) is 4.25. The summed E-state index contributed by atoms with van der Waals surface area (Å²) in [5, 5.41) is 10.9. The molecule has 0 spiro atoms. The molecule has 4 rings (SSSR count). The molecule has 0 saturated heterocycles. The molecule has 8 nitrogen and oxygen atoms in total. The van der Waals surface area contributed by atoms with E-state index in [1.54, 1.807) is 30.3 Å². The maximum absolute atomic E-state index is 12.4. The van der Waals surface area contributed by atoms with Gasteiger partial charge in [-0.05, 0) is 53.6 Å². The van der Waals surface area contributed by atoms with E-state index in [1.165, 1.54) is 18.9 Å². The topological polar surface area (TPSA) is 106 Å². The lowest BCUT2D eigenvalue weighted by Gasteiger charge is -2.06. The fourth-order valence-electron chi connectivity index (χ4n) is 3.29. The van der Waals surface area contributed by atoms with Crippen LogP contribution in [-0.4, -0.2) is 42.0 Å². The molecule has 0 unspecified atom stereocenters. The second-order valence-corrected chi connectivity index (χ2v) is 7.59. The zero-order valence-electron chi connectivity index (χ0n) is 19.1. The number of methoxy groups -OCH3 is 1. The molecular weight excluding hydrogens is 444 g/mol. The Kier molecular flexibility index (Phi) is 7.65. The van der Waals surface area contributed by atoms with Crippen molar-refractivity contribution >= 4 is 18.1 Å². The number of hydrogen-bond donors (Lipinski definition) is 2. The molecule has 0 saturated carbocycles. The van der Waals surface area contributed by atoms with Crippen LogP contribution < -0.4 is 10.2 Å². The SMILES string of the molecule is COC(=O)c1ccc(/C=N\NC(=O)c2cc(-c3ccc(OCCc4ccccc4)cc3)n[nH]2)cc1. The number of nitrogens with one attached hydrogen (secondary N) is 2. The van der Waals surface area contributed by atoms with E-state index in [1.807, 2.05) is 42.5 Å². The van der Waals surface area contributed by atoms with Crippen LogP contribution in [0.2, 0.25) is 0 Å². The van der Waals surface area contributed by atoms with Crippen molar-refractivity contribution in [3.8, 4) is 17.0 Å². The maximum Gasteiger partial charge on any atom is 0.337 e. The van der Waals surface area contributed by atoms with Crippen LogP contribution in [-0.2, 0) is 11.2 Å². The molecule has 8 heteroatoms. The number of rotatable bonds is 9. The van der Waals surface area contributed by atoms with Gasteiger partial charge in [-0.15, -0.1) is 0 Å². The normalized spacial score (nSPS) is 10.8. The van der Waals surface area contributed by atoms with Crippen molar-refractivity contribution in [1.29, 1.82) is 0 Å². The molecule has 176 valence electrons. The van der Waals surface area contributed by atoms with Gasteiger partial charge in [0.05, 0.1) is 31.2 Å². The number of esters is 1. The van der Waals surface area contributed by atoms with Gasteiger partial charge in [-0.1, -0.05) is 42.5 Å². The van der Waals surface area contributed by atoms with E-state index in [9.17, 15) is 9.59 Å². The van der Waals surface area contributed by atoms with Crippen LogP contribution in [0.25, 0.3) is 11.3 Å². The minimum absolute atomic E-state index is 0.279. The zero-order valence-corrected chi connectivity index (χ0v) is 19.1. The zero-order chi connectivity index (χ0) is 24.5. The average Bonchev–Trinajstić information content (AvgIpc) is 3.40. The Bertz CT molecular complexity index is 1300. The van der Waals surface area contributed by atoms with E-state index in [-0.39, 0.29) is 5.69 Å². The van der Waals surface area contributed by atoms with Crippen LogP contribution >= 0.6 is 0 Å². The van der Waals surface area contributed by atoms with Crippen molar-refractivity contribution in [2.45, 2.75) is 6.42 Å². The average molecular weight is 469 g/mol. The quantitative estimate of drug-likeness (QED) is 0.217. The highest BCUT2D eigenvalue weighted by Crippen LogP contribution is 2.21. The van der Waals surface area contributed by atoms with E-state index < -0.39 is 11.9 Å². The second-order valence-electron chi connectivity index (χ2n) is 7.59. The number of carbonyl (C=O) groups is 2. The Morgan fingerprint density at radius 2 is 1.74 bits per heavy atom. The number of nitrogens with zero attached hydrogens (tertiary/aromatic N) is 2. The van der Waals surface area contributed by atoms with Crippen molar-refractivity contribution in [2.24, 2.45) is 5.10 Å². The number of carbonyl (C=O) groups excluding carboxylic acids is 2. The van der Waals surface area contributed by atoms with Gasteiger partial charge in [0, 0.05) is 12.0 Å². The number of benzene rings is 3. The first-order chi connectivity index (χ1) is 17.1. The van der Waals surface area contributed by atoms with Gasteiger partial charge in [-0.25, -0.2) is 10.2 Å². The number of hydrazone groups is 1. The number of amides is 1. The Morgan fingerprint density at radius 3 is 2.46 bits per heavy atom. The predicted molar refractivity (Wildman–Crippen MR) is 133 cm³/mol. The number of ether oxygens (including phenoxy) is 2.